The van der Waals surface area contributed by atoms with Gasteiger partial charge in [-0.05, 0) is 151 Å². The van der Waals surface area contributed by atoms with E-state index in [1.165, 1.54) is 84.0 Å². The summed E-state index contributed by atoms with van der Waals surface area (Å²) in [6, 6.07) is 47.6. The van der Waals surface area contributed by atoms with E-state index in [9.17, 15) is 0 Å². The first kappa shape index (κ1) is 33.8. The van der Waals surface area contributed by atoms with Gasteiger partial charge in [0.2, 0.25) is 0 Å². The molecule has 0 unspecified atom stereocenters. The SMILES string of the molecule is CC1(C)CCC(C)(C)c2cc(N(c3ccc(-c4cccc5c4Oc4ccccc4C54C5CC6CC(C5)CC4C6)cc3)c3ccc4oc5ccccc5c4c3)ccc21. The molecule has 3 nitrogen and oxygen atoms in total. The van der Waals surface area contributed by atoms with Gasteiger partial charge < -0.3 is 14.1 Å². The third kappa shape index (κ3) is 4.84. The predicted octanol–water partition coefficient (Wildman–Crippen LogP) is 14.9. The second-order valence-corrected chi connectivity index (χ2v) is 19.6. The normalized spacial score (nSPS) is 25.9. The molecule has 13 rings (SSSR count). The minimum Gasteiger partial charge on any atom is -0.456 e. The van der Waals surface area contributed by atoms with Crippen LogP contribution in [-0.4, -0.2) is 0 Å². The zero-order valence-corrected chi connectivity index (χ0v) is 33.6. The Labute approximate surface area is 336 Å². The maximum atomic E-state index is 7.05. The molecule has 6 aromatic carbocycles. The Bertz CT molecular complexity index is 2720. The molecule has 7 aromatic rings. The number of rotatable bonds is 4. The molecule has 0 amide bonds. The van der Waals surface area contributed by atoms with Gasteiger partial charge in [-0.15, -0.1) is 0 Å². The summed E-state index contributed by atoms with van der Waals surface area (Å²) in [5, 5.41) is 2.28. The van der Waals surface area contributed by atoms with E-state index in [2.05, 4.69) is 154 Å². The van der Waals surface area contributed by atoms with Crippen LogP contribution in [0.2, 0.25) is 0 Å². The minimum absolute atomic E-state index is 0.0367. The summed E-state index contributed by atoms with van der Waals surface area (Å²) in [6.45, 7) is 9.65. The van der Waals surface area contributed by atoms with Crippen molar-refractivity contribution in [3.05, 3.63) is 150 Å². The second kappa shape index (κ2) is 11.9. The van der Waals surface area contributed by atoms with Crippen LogP contribution in [0.25, 0.3) is 33.1 Å². The highest BCUT2D eigenvalue weighted by atomic mass is 16.5. The lowest BCUT2D eigenvalue weighted by Crippen LogP contribution is -2.57. The quantitative estimate of drug-likeness (QED) is 0.179. The van der Waals surface area contributed by atoms with Crippen molar-refractivity contribution in [3.63, 3.8) is 0 Å². The molecule has 3 heteroatoms. The van der Waals surface area contributed by atoms with Crippen LogP contribution < -0.4 is 9.64 Å². The summed E-state index contributed by atoms with van der Waals surface area (Å²) >= 11 is 0. The van der Waals surface area contributed by atoms with E-state index in [-0.39, 0.29) is 16.2 Å². The van der Waals surface area contributed by atoms with Gasteiger partial charge >= 0.3 is 0 Å². The number of anilines is 3. The largest absolute Gasteiger partial charge is 0.456 e. The molecular weight excluding hydrogens is 695 g/mol. The summed E-state index contributed by atoms with van der Waals surface area (Å²) < 4.78 is 13.3. The minimum atomic E-state index is 0.0367. The third-order valence-electron chi connectivity index (χ3n) is 15.6. The van der Waals surface area contributed by atoms with Gasteiger partial charge in [-0.1, -0.05) is 100 Å². The van der Waals surface area contributed by atoms with Gasteiger partial charge in [0, 0.05) is 49.9 Å². The highest BCUT2D eigenvalue weighted by molar-refractivity contribution is 6.06. The summed E-state index contributed by atoms with van der Waals surface area (Å²) in [7, 11) is 0. The molecule has 1 aromatic heterocycles. The summed E-state index contributed by atoms with van der Waals surface area (Å²) in [4.78, 5) is 2.44. The Hall–Kier alpha value is -5.28. The summed E-state index contributed by atoms with van der Waals surface area (Å²) in [5.74, 6) is 5.30. The number of fused-ring (bicyclic) bond motifs is 6. The zero-order chi connectivity index (χ0) is 38.3. The smallest absolute Gasteiger partial charge is 0.139 e. The monoisotopic (exact) mass is 745 g/mol. The molecule has 4 bridgehead atoms. The van der Waals surface area contributed by atoms with E-state index < -0.39 is 0 Å². The Morgan fingerprint density at radius 3 is 1.93 bits per heavy atom. The van der Waals surface area contributed by atoms with Crippen molar-refractivity contribution in [1.29, 1.82) is 0 Å². The number of hydrogen-bond acceptors (Lipinski definition) is 3. The molecule has 284 valence electrons. The van der Waals surface area contributed by atoms with E-state index in [0.29, 0.717) is 11.8 Å². The van der Waals surface area contributed by atoms with E-state index in [1.54, 1.807) is 0 Å². The molecule has 0 radical (unpaired) electrons. The predicted molar refractivity (Wildman–Crippen MR) is 233 cm³/mol. The lowest BCUT2D eigenvalue weighted by atomic mass is 9.41. The molecule has 2 heterocycles. The Balaban J connectivity index is 0.999. The van der Waals surface area contributed by atoms with Crippen LogP contribution in [0.15, 0.2) is 132 Å². The number of furan rings is 1. The van der Waals surface area contributed by atoms with Gasteiger partial charge in [0.1, 0.15) is 22.7 Å². The Morgan fingerprint density at radius 2 is 1.14 bits per heavy atom. The van der Waals surface area contributed by atoms with Crippen LogP contribution in [0.5, 0.6) is 11.5 Å². The highest BCUT2D eigenvalue weighted by Crippen LogP contribution is 2.69. The first-order valence-corrected chi connectivity index (χ1v) is 21.6. The van der Waals surface area contributed by atoms with Gasteiger partial charge in [0.15, 0.2) is 0 Å². The molecule has 1 aliphatic heterocycles. The molecular formula is C54H51NO2. The highest BCUT2D eigenvalue weighted by Gasteiger charge is 2.61. The molecule has 5 aliphatic carbocycles. The lowest BCUT2D eigenvalue weighted by Gasteiger charge is -2.63. The van der Waals surface area contributed by atoms with Crippen LogP contribution in [0.4, 0.5) is 17.1 Å². The molecule has 4 saturated carbocycles. The van der Waals surface area contributed by atoms with Crippen LogP contribution in [0, 0.1) is 23.7 Å². The van der Waals surface area contributed by atoms with Crippen molar-refractivity contribution in [2.75, 3.05) is 4.90 Å². The van der Waals surface area contributed by atoms with E-state index >= 15 is 0 Å². The van der Waals surface area contributed by atoms with Crippen molar-refractivity contribution < 1.29 is 9.15 Å². The zero-order valence-electron chi connectivity index (χ0n) is 33.6. The maximum absolute atomic E-state index is 7.05. The van der Waals surface area contributed by atoms with Crippen LogP contribution >= 0.6 is 0 Å². The van der Waals surface area contributed by atoms with E-state index in [1.807, 2.05) is 6.07 Å². The Morgan fingerprint density at radius 1 is 0.509 bits per heavy atom. The fourth-order valence-electron chi connectivity index (χ4n) is 13.0. The van der Waals surface area contributed by atoms with Gasteiger partial charge in [-0.3, -0.25) is 0 Å². The third-order valence-corrected chi connectivity index (χ3v) is 15.6. The molecule has 0 saturated heterocycles. The van der Waals surface area contributed by atoms with Gasteiger partial charge in [-0.25, -0.2) is 0 Å². The Kier molecular flexibility index (Phi) is 7.05. The topological polar surface area (TPSA) is 25.6 Å². The second-order valence-electron chi connectivity index (χ2n) is 19.6. The van der Waals surface area contributed by atoms with Crippen LogP contribution in [0.1, 0.15) is 94.9 Å². The molecule has 0 atom stereocenters. The number of benzene rings is 6. The standard InChI is InChI=1S/C54H51NO2/c1-52(2)24-25-53(3,4)47-32-40(20-22-44(47)52)55(39-21-23-49-43(31-39)42-10-5-7-14-48(42)56-49)38-18-16-35(17-19-38)41-11-9-13-46-51(41)57-50-15-8-6-12-45(50)54(46)36-27-33-26-34(29-36)30-37(54)28-33/h5-23,31-34,36-37H,24-30H2,1-4H3. The van der Waals surface area contributed by atoms with Crippen molar-refractivity contribution in [2.24, 2.45) is 23.7 Å². The average molecular weight is 746 g/mol. The molecule has 57 heavy (non-hydrogen) atoms. The number of hydrogen-bond donors (Lipinski definition) is 0. The van der Waals surface area contributed by atoms with Crippen molar-refractivity contribution in [3.8, 4) is 22.6 Å². The number of ether oxygens (including phenoxy) is 1. The molecule has 6 aliphatic rings. The summed E-state index contributed by atoms with van der Waals surface area (Å²) in [5.41, 5.74) is 13.7. The molecule has 0 N–H and O–H groups in total. The average Bonchev–Trinajstić information content (AvgIpc) is 3.59. The first-order chi connectivity index (χ1) is 27.7. The molecule has 1 spiro atoms. The number of nitrogens with zero attached hydrogens (tertiary/aromatic N) is 1. The maximum Gasteiger partial charge on any atom is 0.139 e. The van der Waals surface area contributed by atoms with Gasteiger partial charge in [0.25, 0.3) is 0 Å². The lowest BCUT2D eigenvalue weighted by molar-refractivity contribution is -0.0451. The van der Waals surface area contributed by atoms with Crippen LogP contribution in [-0.2, 0) is 16.2 Å². The van der Waals surface area contributed by atoms with Gasteiger partial charge in [0.05, 0.1) is 0 Å². The number of para-hydroxylation sites is 3. The first-order valence-electron chi connectivity index (χ1n) is 21.6. The van der Waals surface area contributed by atoms with E-state index in [4.69, 9.17) is 9.15 Å². The van der Waals surface area contributed by atoms with Crippen molar-refractivity contribution >= 4 is 39.0 Å². The van der Waals surface area contributed by atoms with Gasteiger partial charge in [-0.2, -0.15) is 0 Å². The fourth-order valence-corrected chi connectivity index (χ4v) is 13.0. The van der Waals surface area contributed by atoms with Crippen molar-refractivity contribution in [1.82, 2.24) is 0 Å². The molecule has 4 fully saturated rings. The fraction of sp³-hybridized carbons (Fsp3) is 0.333. The van der Waals surface area contributed by atoms with Crippen LogP contribution in [0.3, 0.4) is 0 Å². The van der Waals surface area contributed by atoms with E-state index in [0.717, 1.165) is 56.6 Å². The van der Waals surface area contributed by atoms with Crippen molar-refractivity contribution in [2.45, 2.75) is 88.9 Å². The summed E-state index contributed by atoms with van der Waals surface area (Å²) in [6.07, 6.45) is 9.24.